The van der Waals surface area contributed by atoms with Crippen molar-refractivity contribution in [3.05, 3.63) is 93.7 Å². The van der Waals surface area contributed by atoms with Crippen LogP contribution in [-0.4, -0.2) is 4.98 Å². The maximum Gasteiger partial charge on any atom is 0.256 e. The molecule has 3 heteroatoms. The van der Waals surface area contributed by atoms with Gasteiger partial charge in [-0.25, -0.2) is 0 Å². The first-order chi connectivity index (χ1) is 11.7. The fourth-order valence-corrected chi connectivity index (χ4v) is 3.39. The molecule has 0 saturated carbocycles. The van der Waals surface area contributed by atoms with Crippen LogP contribution in [0.5, 0.6) is 0 Å². The molecular formula is C21H14BrNO. The van der Waals surface area contributed by atoms with Crippen LogP contribution < -0.4 is 5.56 Å². The fraction of sp³-hybridized carbons (Fsp3) is 0. The molecule has 1 heterocycles. The zero-order valence-corrected chi connectivity index (χ0v) is 14.4. The molecule has 1 aromatic heterocycles. The number of fused-ring (bicyclic) bond motifs is 1. The van der Waals surface area contributed by atoms with Crippen LogP contribution in [0.3, 0.4) is 0 Å². The second-order valence-corrected chi connectivity index (χ2v) is 6.54. The SMILES string of the molecule is O=c1[nH]c(-c2ccccc2)c(-c2ccccc2)c2cc(Br)ccc12. The van der Waals surface area contributed by atoms with Crippen LogP contribution in [0.25, 0.3) is 33.2 Å². The van der Waals surface area contributed by atoms with E-state index >= 15 is 0 Å². The maximum atomic E-state index is 12.6. The van der Waals surface area contributed by atoms with Crippen LogP contribution in [0, 0.1) is 0 Å². The monoisotopic (exact) mass is 375 g/mol. The zero-order valence-electron chi connectivity index (χ0n) is 12.8. The smallest absolute Gasteiger partial charge is 0.256 e. The molecule has 3 aromatic carbocycles. The summed E-state index contributed by atoms with van der Waals surface area (Å²) in [5, 5.41) is 1.63. The molecule has 0 amide bonds. The van der Waals surface area contributed by atoms with Gasteiger partial charge in [0.1, 0.15) is 0 Å². The lowest BCUT2D eigenvalue weighted by Crippen LogP contribution is -2.09. The van der Waals surface area contributed by atoms with Crippen molar-refractivity contribution in [1.82, 2.24) is 4.98 Å². The molecule has 0 radical (unpaired) electrons. The summed E-state index contributed by atoms with van der Waals surface area (Å²) in [5.74, 6) is 0. The molecule has 0 fully saturated rings. The van der Waals surface area contributed by atoms with Crippen molar-refractivity contribution < 1.29 is 0 Å². The number of H-pyrrole nitrogens is 1. The molecule has 0 aliphatic rings. The number of hydrogen-bond acceptors (Lipinski definition) is 1. The third-order valence-corrected chi connectivity index (χ3v) is 4.60. The molecular weight excluding hydrogens is 362 g/mol. The van der Waals surface area contributed by atoms with Gasteiger partial charge < -0.3 is 4.98 Å². The Morgan fingerprint density at radius 2 is 1.33 bits per heavy atom. The highest BCUT2D eigenvalue weighted by molar-refractivity contribution is 9.10. The van der Waals surface area contributed by atoms with E-state index in [1.54, 1.807) is 0 Å². The van der Waals surface area contributed by atoms with Crippen molar-refractivity contribution in [3.8, 4) is 22.4 Å². The van der Waals surface area contributed by atoms with Crippen molar-refractivity contribution >= 4 is 26.7 Å². The van der Waals surface area contributed by atoms with Crippen LogP contribution in [0.4, 0.5) is 0 Å². The Hall–Kier alpha value is -2.65. The van der Waals surface area contributed by atoms with Crippen LogP contribution >= 0.6 is 15.9 Å². The third-order valence-electron chi connectivity index (χ3n) is 4.11. The predicted molar refractivity (Wildman–Crippen MR) is 103 cm³/mol. The van der Waals surface area contributed by atoms with E-state index in [2.05, 4.69) is 33.0 Å². The fourth-order valence-electron chi connectivity index (χ4n) is 3.03. The Morgan fingerprint density at radius 3 is 2.00 bits per heavy atom. The van der Waals surface area contributed by atoms with Gasteiger partial charge in [-0.2, -0.15) is 0 Å². The molecule has 1 N–H and O–H groups in total. The first-order valence-corrected chi connectivity index (χ1v) is 8.50. The van der Waals surface area contributed by atoms with Gasteiger partial charge in [-0.05, 0) is 34.7 Å². The summed E-state index contributed by atoms with van der Waals surface area (Å²) in [6.07, 6.45) is 0. The molecule has 2 nitrogen and oxygen atoms in total. The van der Waals surface area contributed by atoms with Crippen LogP contribution in [0.2, 0.25) is 0 Å². The summed E-state index contributed by atoms with van der Waals surface area (Å²) in [6.45, 7) is 0. The lowest BCUT2D eigenvalue weighted by molar-refractivity contribution is 1.28. The van der Waals surface area contributed by atoms with Gasteiger partial charge in [-0.1, -0.05) is 76.6 Å². The number of aromatic amines is 1. The molecule has 24 heavy (non-hydrogen) atoms. The summed E-state index contributed by atoms with van der Waals surface area (Å²) < 4.78 is 0.955. The quantitative estimate of drug-likeness (QED) is 0.484. The van der Waals surface area contributed by atoms with Gasteiger partial charge in [-0.15, -0.1) is 0 Å². The van der Waals surface area contributed by atoms with Crippen molar-refractivity contribution in [3.63, 3.8) is 0 Å². The van der Waals surface area contributed by atoms with Crippen molar-refractivity contribution in [1.29, 1.82) is 0 Å². The Balaban J connectivity index is 2.18. The molecule has 0 unspecified atom stereocenters. The van der Waals surface area contributed by atoms with E-state index in [0.717, 1.165) is 32.2 Å². The average Bonchev–Trinajstić information content (AvgIpc) is 2.63. The van der Waals surface area contributed by atoms with Crippen LogP contribution in [-0.2, 0) is 0 Å². The molecule has 0 saturated heterocycles. The highest BCUT2D eigenvalue weighted by Crippen LogP contribution is 2.36. The van der Waals surface area contributed by atoms with Gasteiger partial charge in [0.15, 0.2) is 0 Å². The minimum atomic E-state index is -0.0731. The lowest BCUT2D eigenvalue weighted by Gasteiger charge is -2.14. The molecule has 0 aliphatic carbocycles. The number of rotatable bonds is 2. The van der Waals surface area contributed by atoms with E-state index in [1.807, 2.05) is 66.7 Å². The molecule has 0 aliphatic heterocycles. The molecule has 4 rings (SSSR count). The Labute approximate surface area is 147 Å². The van der Waals surface area contributed by atoms with Gasteiger partial charge in [0, 0.05) is 15.4 Å². The van der Waals surface area contributed by atoms with E-state index < -0.39 is 0 Å². The van der Waals surface area contributed by atoms with Gasteiger partial charge in [0.05, 0.1) is 5.69 Å². The third kappa shape index (κ3) is 2.57. The number of benzene rings is 3. The zero-order chi connectivity index (χ0) is 16.5. The number of nitrogens with one attached hydrogen (secondary N) is 1. The average molecular weight is 376 g/mol. The van der Waals surface area contributed by atoms with E-state index in [-0.39, 0.29) is 5.56 Å². The summed E-state index contributed by atoms with van der Waals surface area (Å²) in [7, 11) is 0. The first kappa shape index (κ1) is 14.9. The molecule has 0 bridgehead atoms. The van der Waals surface area contributed by atoms with E-state index in [1.165, 1.54) is 0 Å². The molecule has 4 aromatic rings. The second kappa shape index (κ2) is 6.10. The van der Waals surface area contributed by atoms with Gasteiger partial charge >= 0.3 is 0 Å². The van der Waals surface area contributed by atoms with Crippen LogP contribution in [0.1, 0.15) is 0 Å². The predicted octanol–water partition coefficient (Wildman–Crippen LogP) is 5.62. The minimum Gasteiger partial charge on any atom is -0.321 e. The van der Waals surface area contributed by atoms with Crippen molar-refractivity contribution in [2.75, 3.05) is 0 Å². The summed E-state index contributed by atoms with van der Waals surface area (Å²) in [5.41, 5.74) is 3.89. The number of halogens is 1. The van der Waals surface area contributed by atoms with Crippen LogP contribution in [0.15, 0.2) is 88.1 Å². The Kier molecular flexibility index (Phi) is 3.79. The van der Waals surface area contributed by atoms with E-state index in [0.29, 0.717) is 5.39 Å². The van der Waals surface area contributed by atoms with E-state index in [9.17, 15) is 4.79 Å². The minimum absolute atomic E-state index is 0.0731. The molecule has 0 spiro atoms. The summed E-state index contributed by atoms with van der Waals surface area (Å²) >= 11 is 3.53. The molecule has 0 atom stereocenters. The van der Waals surface area contributed by atoms with Gasteiger partial charge in [0.2, 0.25) is 0 Å². The highest BCUT2D eigenvalue weighted by Gasteiger charge is 2.14. The second-order valence-electron chi connectivity index (χ2n) is 5.63. The summed E-state index contributed by atoms with van der Waals surface area (Å²) in [6, 6.07) is 25.9. The maximum absolute atomic E-state index is 12.6. The number of pyridine rings is 1. The molecule has 116 valence electrons. The Bertz CT molecular complexity index is 1070. The van der Waals surface area contributed by atoms with Crippen molar-refractivity contribution in [2.45, 2.75) is 0 Å². The highest BCUT2D eigenvalue weighted by atomic mass is 79.9. The lowest BCUT2D eigenvalue weighted by atomic mass is 9.94. The van der Waals surface area contributed by atoms with Crippen molar-refractivity contribution in [2.24, 2.45) is 0 Å². The number of aromatic nitrogens is 1. The van der Waals surface area contributed by atoms with Gasteiger partial charge in [-0.3, -0.25) is 4.79 Å². The largest absolute Gasteiger partial charge is 0.321 e. The normalized spacial score (nSPS) is 10.9. The standard InChI is InChI=1S/C21H14BrNO/c22-16-11-12-17-18(13-16)19(14-7-3-1-4-8-14)20(23-21(17)24)15-9-5-2-6-10-15/h1-13H,(H,23,24). The van der Waals surface area contributed by atoms with E-state index in [4.69, 9.17) is 0 Å². The first-order valence-electron chi connectivity index (χ1n) is 7.70. The summed E-state index contributed by atoms with van der Waals surface area (Å²) in [4.78, 5) is 15.7. The topological polar surface area (TPSA) is 32.9 Å². The Morgan fingerprint density at radius 1 is 0.708 bits per heavy atom. The van der Waals surface area contributed by atoms with Gasteiger partial charge in [0.25, 0.3) is 5.56 Å². The number of hydrogen-bond donors (Lipinski definition) is 1.